The van der Waals surface area contributed by atoms with Crippen LogP contribution in [0.2, 0.25) is 0 Å². The van der Waals surface area contributed by atoms with Crippen molar-refractivity contribution in [2.24, 2.45) is 11.8 Å². The first-order valence-electron chi connectivity index (χ1n) is 12.3. The molecule has 194 valence electrons. The number of para-hydroxylation sites is 1. The summed E-state index contributed by atoms with van der Waals surface area (Å²) in [6.07, 6.45) is 3.78. The minimum absolute atomic E-state index is 0.0536. The van der Waals surface area contributed by atoms with Gasteiger partial charge in [-0.05, 0) is 35.9 Å². The molecule has 0 aromatic heterocycles. The highest BCUT2D eigenvalue weighted by Gasteiger charge is 2.64. The molecule has 4 aliphatic heterocycles. The zero-order valence-electron chi connectivity index (χ0n) is 20.2. The van der Waals surface area contributed by atoms with E-state index in [-0.39, 0.29) is 12.5 Å². The Kier molecular flexibility index (Phi) is 4.96. The van der Waals surface area contributed by atoms with Gasteiger partial charge in [-0.2, -0.15) is 0 Å². The van der Waals surface area contributed by atoms with Crippen LogP contribution in [0, 0.1) is 22.0 Å². The second-order valence-electron chi connectivity index (χ2n) is 9.65. The number of fused-ring (bicyclic) bond motifs is 6. The van der Waals surface area contributed by atoms with Crippen molar-refractivity contribution in [1.29, 1.82) is 0 Å². The summed E-state index contributed by atoms with van der Waals surface area (Å²) < 4.78 is 10.8. The van der Waals surface area contributed by atoms with E-state index < -0.39 is 46.6 Å². The third-order valence-corrected chi connectivity index (χ3v) is 7.64. The molecule has 2 saturated heterocycles. The Morgan fingerprint density at radius 3 is 2.49 bits per heavy atom. The first-order valence-corrected chi connectivity index (χ1v) is 12.3. The lowest BCUT2D eigenvalue weighted by Crippen LogP contribution is -2.50. The smallest absolute Gasteiger partial charge is 0.269 e. The van der Waals surface area contributed by atoms with Crippen LogP contribution in [0.3, 0.4) is 0 Å². The molecule has 3 aromatic carbocycles. The van der Waals surface area contributed by atoms with Gasteiger partial charge in [0.25, 0.3) is 5.69 Å². The maximum Gasteiger partial charge on any atom is 0.269 e. The third-order valence-electron chi connectivity index (χ3n) is 7.64. The fourth-order valence-corrected chi connectivity index (χ4v) is 5.98. The summed E-state index contributed by atoms with van der Waals surface area (Å²) in [4.78, 5) is 55.2. The fourth-order valence-electron chi connectivity index (χ4n) is 5.98. The van der Waals surface area contributed by atoms with Crippen LogP contribution in [0.25, 0.3) is 6.08 Å². The monoisotopic (exact) mass is 524 g/mol. The van der Waals surface area contributed by atoms with Gasteiger partial charge in [0.15, 0.2) is 11.5 Å². The van der Waals surface area contributed by atoms with Crippen molar-refractivity contribution in [3.63, 3.8) is 0 Å². The van der Waals surface area contributed by atoms with Crippen molar-refractivity contribution in [2.75, 3.05) is 21.9 Å². The maximum absolute atomic E-state index is 14.0. The first-order chi connectivity index (χ1) is 18.9. The van der Waals surface area contributed by atoms with E-state index in [0.29, 0.717) is 22.9 Å². The summed E-state index contributed by atoms with van der Waals surface area (Å²) in [7, 11) is 0. The highest BCUT2D eigenvalue weighted by atomic mass is 16.7. The predicted molar refractivity (Wildman–Crippen MR) is 139 cm³/mol. The van der Waals surface area contributed by atoms with E-state index in [1.807, 2.05) is 41.3 Å². The minimum Gasteiger partial charge on any atom is -0.454 e. The Hall–Kier alpha value is -5.19. The fraction of sp³-hybridized carbons (Fsp3) is 0.179. The lowest BCUT2D eigenvalue weighted by Gasteiger charge is -2.36. The normalized spacial score (nSPS) is 23.9. The standard InChI is InChI=1S/C28H20N4O7/c33-26(29-16-6-8-17(9-7-16)32(36)37)25-24-23(20-11-5-15-3-1-2-4-19(15)31(20)25)27(34)30(28(24)35)18-10-12-21-22(13-18)39-14-38-21/h1-13,20,23-25H,14H2,(H,29,33)/t20-,23-,24-,25+/m1/s1. The van der Waals surface area contributed by atoms with E-state index in [1.54, 1.807) is 18.2 Å². The Morgan fingerprint density at radius 2 is 1.69 bits per heavy atom. The number of hydrogen-bond donors (Lipinski definition) is 1. The first kappa shape index (κ1) is 23.0. The quantitative estimate of drug-likeness (QED) is 0.312. The number of imide groups is 1. The second kappa shape index (κ2) is 8.42. The van der Waals surface area contributed by atoms with Gasteiger partial charge in [-0.3, -0.25) is 24.5 Å². The molecule has 0 spiro atoms. The molecule has 3 amide bonds. The molecule has 4 heterocycles. The zero-order valence-corrected chi connectivity index (χ0v) is 20.2. The van der Waals surface area contributed by atoms with Crippen LogP contribution >= 0.6 is 0 Å². The predicted octanol–water partition coefficient (Wildman–Crippen LogP) is 3.35. The number of ether oxygens (including phenoxy) is 2. The van der Waals surface area contributed by atoms with E-state index in [0.717, 1.165) is 16.2 Å². The lowest BCUT2D eigenvalue weighted by atomic mass is 9.88. The molecule has 1 N–H and O–H groups in total. The van der Waals surface area contributed by atoms with Crippen LogP contribution in [-0.2, 0) is 14.4 Å². The molecule has 0 radical (unpaired) electrons. The summed E-state index contributed by atoms with van der Waals surface area (Å²) >= 11 is 0. The van der Waals surface area contributed by atoms with Gasteiger partial charge < -0.3 is 19.7 Å². The number of carbonyl (C=O) groups is 3. The molecule has 4 atom stereocenters. The summed E-state index contributed by atoms with van der Waals surface area (Å²) in [6.45, 7) is 0.0536. The molecule has 2 fully saturated rings. The van der Waals surface area contributed by atoms with Gasteiger partial charge in [-0.15, -0.1) is 0 Å². The highest BCUT2D eigenvalue weighted by molar-refractivity contribution is 6.25. The number of non-ortho nitro benzene ring substituents is 1. The number of hydrogen-bond acceptors (Lipinski definition) is 8. The largest absolute Gasteiger partial charge is 0.454 e. The Morgan fingerprint density at radius 1 is 0.949 bits per heavy atom. The van der Waals surface area contributed by atoms with Crippen molar-refractivity contribution in [2.45, 2.75) is 12.1 Å². The van der Waals surface area contributed by atoms with Crippen LogP contribution in [0.15, 0.2) is 72.8 Å². The van der Waals surface area contributed by atoms with E-state index in [1.165, 1.54) is 24.3 Å². The number of amides is 3. The number of nitro benzene ring substituents is 1. The topological polar surface area (TPSA) is 131 Å². The average Bonchev–Trinajstić information content (AvgIpc) is 3.62. The Bertz CT molecular complexity index is 1600. The van der Waals surface area contributed by atoms with E-state index >= 15 is 0 Å². The van der Waals surface area contributed by atoms with Gasteiger partial charge in [0.2, 0.25) is 24.5 Å². The lowest BCUT2D eigenvalue weighted by molar-refractivity contribution is -0.384. The molecule has 0 unspecified atom stereocenters. The zero-order chi connectivity index (χ0) is 26.8. The van der Waals surface area contributed by atoms with Crippen molar-refractivity contribution < 1.29 is 28.8 Å². The molecular weight excluding hydrogens is 504 g/mol. The third kappa shape index (κ3) is 3.39. The van der Waals surface area contributed by atoms with Crippen molar-refractivity contribution in [3.05, 3.63) is 88.5 Å². The molecule has 0 saturated carbocycles. The molecule has 4 aliphatic rings. The molecular formula is C28H20N4O7. The molecule has 0 bridgehead atoms. The van der Waals surface area contributed by atoms with Crippen LogP contribution < -0.4 is 24.6 Å². The van der Waals surface area contributed by atoms with Gasteiger partial charge in [-0.25, -0.2) is 4.90 Å². The number of carbonyl (C=O) groups excluding carboxylic acids is 3. The van der Waals surface area contributed by atoms with Gasteiger partial charge >= 0.3 is 0 Å². The SMILES string of the molecule is O=C(Nc1ccc([N+](=O)[O-])cc1)[C@@H]1[C@@H]2C(=O)N(c3ccc4c(c3)OCO4)C(=O)[C@@H]2[C@H]2C=Cc3ccccc3N21. The summed E-state index contributed by atoms with van der Waals surface area (Å²) in [6, 6.07) is 16.3. The number of benzene rings is 3. The minimum atomic E-state index is -1.00. The molecule has 3 aromatic rings. The van der Waals surface area contributed by atoms with Crippen molar-refractivity contribution >= 4 is 46.5 Å². The summed E-state index contributed by atoms with van der Waals surface area (Å²) in [5.74, 6) is -2.15. The van der Waals surface area contributed by atoms with Gasteiger partial charge in [0.05, 0.1) is 28.5 Å². The number of rotatable bonds is 4. The summed E-state index contributed by atoms with van der Waals surface area (Å²) in [5, 5.41) is 13.8. The average molecular weight is 524 g/mol. The highest BCUT2D eigenvalue weighted by Crippen LogP contribution is 2.50. The van der Waals surface area contributed by atoms with Crippen molar-refractivity contribution in [3.8, 4) is 11.5 Å². The molecule has 11 nitrogen and oxygen atoms in total. The van der Waals surface area contributed by atoms with Crippen LogP contribution in [0.1, 0.15) is 5.56 Å². The molecule has 0 aliphatic carbocycles. The maximum atomic E-state index is 14.0. The second-order valence-corrected chi connectivity index (χ2v) is 9.65. The Labute approximate surface area is 221 Å². The van der Waals surface area contributed by atoms with Gasteiger partial charge in [-0.1, -0.05) is 30.4 Å². The van der Waals surface area contributed by atoms with Crippen LogP contribution in [0.4, 0.5) is 22.7 Å². The van der Waals surface area contributed by atoms with Crippen LogP contribution in [-0.4, -0.2) is 41.5 Å². The van der Waals surface area contributed by atoms with E-state index in [4.69, 9.17) is 9.47 Å². The number of nitro groups is 1. The molecule has 7 rings (SSSR count). The molecule has 11 heteroatoms. The number of nitrogens with zero attached hydrogens (tertiary/aromatic N) is 3. The summed E-state index contributed by atoms with van der Waals surface area (Å²) in [5.41, 5.74) is 2.20. The van der Waals surface area contributed by atoms with Gasteiger partial charge in [0.1, 0.15) is 6.04 Å². The number of nitrogens with one attached hydrogen (secondary N) is 1. The Balaban J connectivity index is 1.28. The van der Waals surface area contributed by atoms with Crippen molar-refractivity contribution in [1.82, 2.24) is 0 Å². The van der Waals surface area contributed by atoms with E-state index in [2.05, 4.69) is 5.32 Å². The molecule has 39 heavy (non-hydrogen) atoms. The van der Waals surface area contributed by atoms with Gasteiger partial charge in [0, 0.05) is 29.6 Å². The van der Waals surface area contributed by atoms with E-state index in [9.17, 15) is 24.5 Å². The van der Waals surface area contributed by atoms with Crippen LogP contribution in [0.5, 0.6) is 11.5 Å². The number of anilines is 3.